The monoisotopic (exact) mass is 587 g/mol. The van der Waals surface area contributed by atoms with Crippen LogP contribution in [0.3, 0.4) is 0 Å². The number of hydrogen-bond acceptors (Lipinski definition) is 5. The van der Waals surface area contributed by atoms with Crippen molar-refractivity contribution in [3.05, 3.63) is 127 Å². The zero-order valence-electron chi connectivity index (χ0n) is 24.3. The van der Waals surface area contributed by atoms with Crippen LogP contribution in [0.2, 0.25) is 0 Å². The highest BCUT2D eigenvalue weighted by molar-refractivity contribution is 6.39. The molecule has 0 saturated carbocycles. The van der Waals surface area contributed by atoms with E-state index in [4.69, 9.17) is 23.8 Å². The lowest BCUT2D eigenvalue weighted by Crippen LogP contribution is -2.00. The first-order chi connectivity index (χ1) is 22.8. The van der Waals surface area contributed by atoms with E-state index < -0.39 is 0 Å². The summed E-state index contributed by atoms with van der Waals surface area (Å²) in [7, 11) is 0. The Morgan fingerprint density at radius 1 is 0.348 bits per heavy atom. The van der Waals surface area contributed by atoms with Crippen LogP contribution in [0.15, 0.2) is 136 Å². The van der Waals surface area contributed by atoms with E-state index in [9.17, 15) is 0 Å². The van der Waals surface area contributed by atoms with Crippen LogP contribution >= 0.6 is 0 Å². The molecular formula is C41H21N3O2. The van der Waals surface area contributed by atoms with E-state index in [0.717, 1.165) is 60.6 Å². The van der Waals surface area contributed by atoms with E-state index in [0.29, 0.717) is 17.5 Å². The van der Waals surface area contributed by atoms with Gasteiger partial charge in [-0.25, -0.2) is 15.0 Å². The molecule has 11 aromatic rings. The molecule has 212 valence electrons. The number of para-hydroxylation sites is 1. The average molecular weight is 588 g/mol. The van der Waals surface area contributed by atoms with E-state index in [1.807, 2.05) is 60.7 Å². The van der Waals surface area contributed by atoms with Crippen LogP contribution in [0.25, 0.3) is 110 Å². The lowest BCUT2D eigenvalue weighted by molar-refractivity contribution is 0.668. The summed E-state index contributed by atoms with van der Waals surface area (Å²) in [5.41, 5.74) is 5.92. The number of aromatic nitrogens is 3. The standard InChI is InChI=1S/C41H21N3O2/c1-2-8-24(9-3-1)39-42-40(28-13-7-15-31-35(28)27-11-4-5-14-30(27)45-31)44-41(43-39)29-20-19-26-25-12-6-10-22-16-17-23-18-21-32-37(34(23)33(22)25)36(26)38(29)46-32/h1-21H. The quantitative estimate of drug-likeness (QED) is 0.152. The Balaban J connectivity index is 1.25. The normalized spacial score (nSPS) is 12.3. The Morgan fingerprint density at radius 2 is 1.02 bits per heavy atom. The minimum Gasteiger partial charge on any atom is -0.456 e. The summed E-state index contributed by atoms with van der Waals surface area (Å²) < 4.78 is 13.0. The molecule has 5 nitrogen and oxygen atoms in total. The number of fused-ring (bicyclic) bond motifs is 4. The SMILES string of the molecule is c1ccc(-c2nc(-c3ccc4c5cccc6ccc7ccc8oc3c4c8c7c65)nc(-c3cccc4oc5ccccc5c34)n2)cc1. The van der Waals surface area contributed by atoms with Crippen LogP contribution in [0.4, 0.5) is 0 Å². The third-order valence-corrected chi connectivity index (χ3v) is 9.45. The summed E-state index contributed by atoms with van der Waals surface area (Å²) in [6.07, 6.45) is 0. The van der Waals surface area contributed by atoms with E-state index in [2.05, 4.69) is 66.7 Å². The van der Waals surface area contributed by atoms with Crippen molar-refractivity contribution < 1.29 is 8.83 Å². The highest BCUT2D eigenvalue weighted by atomic mass is 16.3. The van der Waals surface area contributed by atoms with Gasteiger partial charge in [0.2, 0.25) is 0 Å². The van der Waals surface area contributed by atoms with Gasteiger partial charge in [-0.3, -0.25) is 0 Å². The van der Waals surface area contributed by atoms with Crippen molar-refractivity contribution in [1.82, 2.24) is 15.0 Å². The Labute approximate surface area is 261 Å². The summed E-state index contributed by atoms with van der Waals surface area (Å²) in [4.78, 5) is 15.3. The van der Waals surface area contributed by atoms with Gasteiger partial charge in [-0.15, -0.1) is 0 Å². The molecule has 5 heteroatoms. The maximum absolute atomic E-state index is 6.76. The van der Waals surface area contributed by atoms with E-state index in [-0.39, 0.29) is 0 Å². The highest BCUT2D eigenvalue weighted by Gasteiger charge is 2.24. The topological polar surface area (TPSA) is 65.0 Å². The molecule has 46 heavy (non-hydrogen) atoms. The average Bonchev–Trinajstić information content (AvgIpc) is 3.70. The Hall–Kier alpha value is -6.33. The van der Waals surface area contributed by atoms with Gasteiger partial charge in [-0.1, -0.05) is 103 Å². The molecule has 0 aliphatic carbocycles. The lowest BCUT2D eigenvalue weighted by atomic mass is 9.89. The molecule has 0 amide bonds. The number of furan rings is 2. The maximum atomic E-state index is 6.76. The highest BCUT2D eigenvalue weighted by Crippen LogP contribution is 2.48. The zero-order chi connectivity index (χ0) is 29.9. The van der Waals surface area contributed by atoms with Crippen LogP contribution < -0.4 is 0 Å². The molecule has 0 atom stereocenters. The van der Waals surface area contributed by atoms with Crippen molar-refractivity contribution in [1.29, 1.82) is 0 Å². The smallest absolute Gasteiger partial charge is 0.167 e. The van der Waals surface area contributed by atoms with Crippen LogP contribution in [-0.2, 0) is 0 Å². The molecule has 8 aromatic carbocycles. The van der Waals surface area contributed by atoms with Gasteiger partial charge < -0.3 is 8.83 Å². The van der Waals surface area contributed by atoms with Crippen molar-refractivity contribution in [2.75, 3.05) is 0 Å². The Morgan fingerprint density at radius 3 is 1.93 bits per heavy atom. The van der Waals surface area contributed by atoms with Gasteiger partial charge >= 0.3 is 0 Å². The number of hydrogen-bond donors (Lipinski definition) is 0. The third-order valence-electron chi connectivity index (χ3n) is 9.45. The Bertz CT molecular complexity index is 2970. The molecule has 0 aliphatic heterocycles. The minimum atomic E-state index is 0.563. The molecule has 0 saturated heterocycles. The van der Waals surface area contributed by atoms with Gasteiger partial charge in [0.05, 0.1) is 5.56 Å². The molecule has 0 N–H and O–H groups in total. The van der Waals surface area contributed by atoms with E-state index in [1.54, 1.807) is 0 Å². The predicted octanol–water partition coefficient (Wildman–Crippen LogP) is 11.0. The molecule has 0 aliphatic rings. The van der Waals surface area contributed by atoms with Gasteiger partial charge in [-0.05, 0) is 51.2 Å². The second kappa shape index (κ2) is 8.65. The second-order valence-electron chi connectivity index (χ2n) is 11.9. The van der Waals surface area contributed by atoms with Crippen molar-refractivity contribution in [2.24, 2.45) is 0 Å². The molecule has 0 fully saturated rings. The van der Waals surface area contributed by atoms with Crippen LogP contribution in [0, 0.1) is 0 Å². The largest absolute Gasteiger partial charge is 0.456 e. The van der Waals surface area contributed by atoms with Crippen molar-refractivity contribution in [3.8, 4) is 34.2 Å². The summed E-state index contributed by atoms with van der Waals surface area (Å²) in [5.74, 6) is 1.75. The van der Waals surface area contributed by atoms with Crippen molar-refractivity contribution in [3.63, 3.8) is 0 Å². The summed E-state index contributed by atoms with van der Waals surface area (Å²) in [6.45, 7) is 0. The molecule has 0 radical (unpaired) electrons. The van der Waals surface area contributed by atoms with E-state index >= 15 is 0 Å². The molecule has 11 rings (SSSR count). The van der Waals surface area contributed by atoms with Gasteiger partial charge in [0.1, 0.15) is 22.3 Å². The first kappa shape index (κ1) is 24.0. The van der Waals surface area contributed by atoms with Crippen LogP contribution in [-0.4, -0.2) is 15.0 Å². The van der Waals surface area contributed by atoms with Gasteiger partial charge in [0.15, 0.2) is 17.5 Å². The fraction of sp³-hybridized carbons (Fsp3) is 0. The first-order valence-corrected chi connectivity index (χ1v) is 15.4. The van der Waals surface area contributed by atoms with Gasteiger partial charge in [-0.2, -0.15) is 0 Å². The van der Waals surface area contributed by atoms with E-state index in [1.165, 1.54) is 32.3 Å². The molecule has 3 aromatic heterocycles. The van der Waals surface area contributed by atoms with Crippen molar-refractivity contribution >= 4 is 76.2 Å². The third kappa shape index (κ3) is 3.11. The number of benzene rings is 8. The fourth-order valence-corrected chi connectivity index (χ4v) is 7.47. The molecule has 0 unspecified atom stereocenters. The fourth-order valence-electron chi connectivity index (χ4n) is 7.47. The molecule has 3 heterocycles. The maximum Gasteiger partial charge on any atom is 0.167 e. The summed E-state index contributed by atoms with van der Waals surface area (Å²) >= 11 is 0. The molecular weight excluding hydrogens is 566 g/mol. The molecule has 0 spiro atoms. The van der Waals surface area contributed by atoms with Gasteiger partial charge in [0.25, 0.3) is 0 Å². The van der Waals surface area contributed by atoms with Crippen LogP contribution in [0.5, 0.6) is 0 Å². The second-order valence-corrected chi connectivity index (χ2v) is 11.9. The number of rotatable bonds is 3. The Kier molecular flexibility index (Phi) is 4.52. The first-order valence-electron chi connectivity index (χ1n) is 15.4. The minimum absolute atomic E-state index is 0.563. The summed E-state index contributed by atoms with van der Waals surface area (Å²) in [6, 6.07) is 43.7. The van der Waals surface area contributed by atoms with Gasteiger partial charge in [0, 0.05) is 38.1 Å². The van der Waals surface area contributed by atoms with Crippen LogP contribution in [0.1, 0.15) is 0 Å². The summed E-state index contributed by atoms with van der Waals surface area (Å²) in [5, 5.41) is 11.6. The van der Waals surface area contributed by atoms with Crippen molar-refractivity contribution in [2.45, 2.75) is 0 Å². The molecule has 0 bridgehead atoms. The lowest BCUT2D eigenvalue weighted by Gasteiger charge is -2.13. The number of nitrogens with zero attached hydrogens (tertiary/aromatic N) is 3. The predicted molar refractivity (Wildman–Crippen MR) is 186 cm³/mol. The zero-order valence-corrected chi connectivity index (χ0v) is 24.3.